The predicted molar refractivity (Wildman–Crippen MR) is 57.0 cm³/mol. The molecule has 3 N–H and O–H groups in total. The van der Waals surface area contributed by atoms with Crippen LogP contribution in [-0.4, -0.2) is 16.5 Å². The Morgan fingerprint density at radius 3 is 2.73 bits per heavy atom. The first-order valence-electron chi connectivity index (χ1n) is 4.59. The molecule has 0 unspecified atom stereocenters. The Morgan fingerprint density at radius 1 is 1.53 bits per heavy atom. The van der Waals surface area contributed by atoms with Gasteiger partial charge in [-0.2, -0.15) is 0 Å². The molecule has 0 aromatic carbocycles. The highest BCUT2D eigenvalue weighted by Crippen LogP contribution is 2.08. The number of aromatic nitrogens is 1. The lowest BCUT2D eigenvalue weighted by molar-refractivity contribution is -0.0591. The lowest BCUT2D eigenvalue weighted by Crippen LogP contribution is -2.34. The highest BCUT2D eigenvalue weighted by molar-refractivity contribution is 5.96. The maximum Gasteiger partial charge on any atom is 0.295 e. The molecule has 0 aliphatic rings. The number of nitrogens with zero attached hydrogens (tertiary/aromatic N) is 1. The van der Waals surface area contributed by atoms with Gasteiger partial charge in [-0.05, 0) is 32.9 Å². The second kappa shape index (κ2) is 4.27. The van der Waals surface area contributed by atoms with Gasteiger partial charge in [-0.3, -0.25) is 9.63 Å². The number of pyridine rings is 1. The van der Waals surface area contributed by atoms with Crippen molar-refractivity contribution >= 4 is 11.6 Å². The molecule has 0 saturated heterocycles. The van der Waals surface area contributed by atoms with Gasteiger partial charge in [-0.1, -0.05) is 0 Å². The fraction of sp³-hybridized carbons (Fsp3) is 0.400. The van der Waals surface area contributed by atoms with Crippen LogP contribution in [0, 0.1) is 0 Å². The van der Waals surface area contributed by atoms with E-state index in [1.54, 1.807) is 12.1 Å². The minimum Gasteiger partial charge on any atom is -0.397 e. The topological polar surface area (TPSA) is 77.2 Å². The average molecular weight is 209 g/mol. The molecule has 5 heteroatoms. The Bertz CT molecular complexity index is 358. The maximum absolute atomic E-state index is 11.5. The Balaban J connectivity index is 2.66. The minimum absolute atomic E-state index is 0.168. The summed E-state index contributed by atoms with van der Waals surface area (Å²) in [7, 11) is 0. The van der Waals surface area contributed by atoms with Crippen molar-refractivity contribution in [2.24, 2.45) is 0 Å². The standard InChI is InChI=1S/C10H15N3O2/c1-10(2,3)15-13-9(14)8-7(11)5-4-6-12-8/h4-6H,11H2,1-3H3,(H,13,14). The van der Waals surface area contributed by atoms with Gasteiger partial charge in [0.1, 0.15) is 0 Å². The SMILES string of the molecule is CC(C)(C)ONC(=O)c1ncccc1N. The number of hydrogen-bond donors (Lipinski definition) is 2. The number of anilines is 1. The van der Waals surface area contributed by atoms with Crippen molar-refractivity contribution in [3.8, 4) is 0 Å². The second-order valence-electron chi connectivity index (χ2n) is 4.09. The minimum atomic E-state index is -0.445. The third-order valence-corrected chi connectivity index (χ3v) is 1.50. The molecular weight excluding hydrogens is 194 g/mol. The van der Waals surface area contributed by atoms with E-state index in [9.17, 15) is 4.79 Å². The molecule has 1 aromatic rings. The van der Waals surface area contributed by atoms with Gasteiger partial charge in [-0.25, -0.2) is 10.5 Å². The summed E-state index contributed by atoms with van der Waals surface area (Å²) in [5.74, 6) is -0.442. The Hall–Kier alpha value is -1.62. The summed E-state index contributed by atoms with van der Waals surface area (Å²) in [5, 5.41) is 0. The van der Waals surface area contributed by atoms with Gasteiger partial charge < -0.3 is 5.73 Å². The van der Waals surface area contributed by atoms with Crippen LogP contribution in [0.4, 0.5) is 5.69 Å². The highest BCUT2D eigenvalue weighted by atomic mass is 16.7. The van der Waals surface area contributed by atoms with E-state index in [1.165, 1.54) is 6.20 Å². The summed E-state index contributed by atoms with van der Waals surface area (Å²) in [5.41, 5.74) is 7.93. The molecule has 0 spiro atoms. The first-order chi connectivity index (χ1) is 6.90. The number of carbonyl (C=O) groups excluding carboxylic acids is 1. The van der Waals surface area contributed by atoms with Gasteiger partial charge in [0.15, 0.2) is 5.69 Å². The lowest BCUT2D eigenvalue weighted by Gasteiger charge is -2.18. The van der Waals surface area contributed by atoms with Crippen molar-refractivity contribution < 1.29 is 9.63 Å². The summed E-state index contributed by atoms with van der Waals surface area (Å²) in [4.78, 5) is 20.5. The van der Waals surface area contributed by atoms with E-state index < -0.39 is 11.5 Å². The van der Waals surface area contributed by atoms with Gasteiger partial charge in [-0.15, -0.1) is 0 Å². The van der Waals surface area contributed by atoms with Crippen LogP contribution in [0.1, 0.15) is 31.3 Å². The molecule has 1 aromatic heterocycles. The van der Waals surface area contributed by atoms with Crippen LogP contribution in [0.15, 0.2) is 18.3 Å². The molecule has 0 fully saturated rings. The average Bonchev–Trinajstić information content (AvgIpc) is 2.14. The zero-order valence-electron chi connectivity index (χ0n) is 9.07. The summed E-state index contributed by atoms with van der Waals surface area (Å²) < 4.78 is 0. The maximum atomic E-state index is 11.5. The van der Waals surface area contributed by atoms with E-state index in [4.69, 9.17) is 10.6 Å². The molecule has 15 heavy (non-hydrogen) atoms. The fourth-order valence-electron chi connectivity index (χ4n) is 0.855. The zero-order valence-corrected chi connectivity index (χ0v) is 9.07. The van der Waals surface area contributed by atoms with Gasteiger partial charge in [0.25, 0.3) is 5.91 Å². The molecule has 1 heterocycles. The lowest BCUT2D eigenvalue weighted by atomic mass is 10.2. The van der Waals surface area contributed by atoms with Crippen molar-refractivity contribution in [1.82, 2.24) is 10.5 Å². The van der Waals surface area contributed by atoms with Gasteiger partial charge in [0, 0.05) is 6.20 Å². The third-order valence-electron chi connectivity index (χ3n) is 1.50. The largest absolute Gasteiger partial charge is 0.397 e. The number of hydrogen-bond acceptors (Lipinski definition) is 4. The van der Waals surface area contributed by atoms with Gasteiger partial charge >= 0.3 is 0 Å². The van der Waals surface area contributed by atoms with Crippen LogP contribution >= 0.6 is 0 Å². The van der Waals surface area contributed by atoms with Crippen LogP contribution in [0.5, 0.6) is 0 Å². The normalized spacial score (nSPS) is 11.1. The second-order valence-corrected chi connectivity index (χ2v) is 4.09. The number of carbonyl (C=O) groups is 1. The van der Waals surface area contributed by atoms with Crippen molar-refractivity contribution in [2.75, 3.05) is 5.73 Å². The molecule has 1 amide bonds. The van der Waals surface area contributed by atoms with E-state index >= 15 is 0 Å². The van der Waals surface area contributed by atoms with Gasteiger partial charge in [0.05, 0.1) is 11.3 Å². The first-order valence-corrected chi connectivity index (χ1v) is 4.59. The van der Waals surface area contributed by atoms with Crippen LogP contribution < -0.4 is 11.2 Å². The van der Waals surface area contributed by atoms with E-state index in [0.717, 1.165) is 0 Å². The molecule has 5 nitrogen and oxygen atoms in total. The van der Waals surface area contributed by atoms with Crippen LogP contribution in [-0.2, 0) is 4.84 Å². The van der Waals surface area contributed by atoms with Crippen molar-refractivity contribution in [2.45, 2.75) is 26.4 Å². The van der Waals surface area contributed by atoms with Crippen LogP contribution in [0.3, 0.4) is 0 Å². The van der Waals surface area contributed by atoms with E-state index in [2.05, 4.69) is 10.5 Å². The van der Waals surface area contributed by atoms with Crippen LogP contribution in [0.25, 0.3) is 0 Å². The Morgan fingerprint density at radius 2 is 2.20 bits per heavy atom. The molecule has 0 saturated carbocycles. The number of nitrogens with one attached hydrogen (secondary N) is 1. The van der Waals surface area contributed by atoms with E-state index in [1.807, 2.05) is 20.8 Å². The third kappa shape index (κ3) is 3.55. The summed E-state index contributed by atoms with van der Waals surface area (Å²) >= 11 is 0. The summed E-state index contributed by atoms with van der Waals surface area (Å²) in [6.07, 6.45) is 1.50. The number of nitrogens with two attached hydrogens (primary N) is 1. The molecule has 0 radical (unpaired) electrons. The molecular formula is C10H15N3O2. The summed E-state index contributed by atoms with van der Waals surface area (Å²) in [6, 6.07) is 3.27. The molecule has 0 atom stereocenters. The van der Waals surface area contributed by atoms with Crippen molar-refractivity contribution in [3.05, 3.63) is 24.0 Å². The number of hydroxylamine groups is 1. The zero-order chi connectivity index (χ0) is 11.5. The van der Waals surface area contributed by atoms with Crippen molar-refractivity contribution in [1.29, 1.82) is 0 Å². The molecule has 0 aliphatic carbocycles. The monoisotopic (exact) mass is 209 g/mol. The molecule has 82 valence electrons. The Labute approximate surface area is 88.6 Å². The quantitative estimate of drug-likeness (QED) is 0.715. The predicted octanol–water partition coefficient (Wildman–Crippen LogP) is 1.12. The van der Waals surface area contributed by atoms with E-state index in [-0.39, 0.29) is 5.69 Å². The number of amides is 1. The van der Waals surface area contributed by atoms with Gasteiger partial charge in [0.2, 0.25) is 0 Å². The highest BCUT2D eigenvalue weighted by Gasteiger charge is 2.15. The van der Waals surface area contributed by atoms with E-state index in [0.29, 0.717) is 5.69 Å². The number of nitrogen functional groups attached to an aromatic ring is 1. The fourth-order valence-corrected chi connectivity index (χ4v) is 0.855. The summed E-state index contributed by atoms with van der Waals surface area (Å²) in [6.45, 7) is 5.49. The smallest absolute Gasteiger partial charge is 0.295 e. The number of rotatable bonds is 2. The molecule has 1 rings (SSSR count). The molecule has 0 bridgehead atoms. The van der Waals surface area contributed by atoms with Crippen LogP contribution in [0.2, 0.25) is 0 Å². The van der Waals surface area contributed by atoms with Crippen molar-refractivity contribution in [3.63, 3.8) is 0 Å². The molecule has 0 aliphatic heterocycles. The Kier molecular flexibility index (Phi) is 3.26. The first kappa shape index (κ1) is 11.5.